The molecule has 0 spiro atoms. The molecule has 1 aliphatic rings. The lowest BCUT2D eigenvalue weighted by molar-refractivity contribution is -0.126. The van der Waals surface area contributed by atoms with Crippen molar-refractivity contribution < 1.29 is 4.79 Å². The van der Waals surface area contributed by atoms with E-state index in [0.717, 1.165) is 29.2 Å². The number of anilines is 2. The van der Waals surface area contributed by atoms with Crippen LogP contribution in [0.25, 0.3) is 6.08 Å². The topological polar surface area (TPSA) is 88.8 Å². The van der Waals surface area contributed by atoms with Crippen LogP contribution < -0.4 is 5.32 Å². The van der Waals surface area contributed by atoms with Crippen molar-refractivity contribution in [3.8, 4) is 0 Å². The largest absolute Gasteiger partial charge is 0.330 e. The van der Waals surface area contributed by atoms with Crippen LogP contribution in [-0.2, 0) is 11.8 Å². The molecule has 0 unspecified atom stereocenters. The fourth-order valence-corrected chi connectivity index (χ4v) is 3.71. The molecule has 1 saturated heterocycles. The molecule has 138 valence electrons. The van der Waals surface area contributed by atoms with Crippen molar-refractivity contribution >= 4 is 34.3 Å². The summed E-state index contributed by atoms with van der Waals surface area (Å²) >= 11 is 1.49. The van der Waals surface area contributed by atoms with Gasteiger partial charge in [0, 0.05) is 55.4 Å². The van der Waals surface area contributed by atoms with Gasteiger partial charge in [0.1, 0.15) is 5.69 Å². The second kappa shape index (κ2) is 7.67. The third-order valence-electron chi connectivity index (χ3n) is 4.38. The Kier molecular flexibility index (Phi) is 4.93. The average Bonchev–Trinajstić information content (AvgIpc) is 3.42. The zero-order chi connectivity index (χ0) is 18.6. The summed E-state index contributed by atoms with van der Waals surface area (Å²) in [6, 6.07) is -0.104. The standard InChI is InChI=1S/C18H19N7OS/c1-24-12-13(11-22-24)4-5-15(26)25-9-2-3-14(25)16-17(20-7-6-19-16)23-18-21-8-10-27-18/h4-8,10-12,14H,2-3,9H2,1H3,(H,20,21,23)/b5-4+/t14-/m0/s1. The molecule has 0 radical (unpaired) electrons. The minimum absolute atomic E-state index is 0.0350. The van der Waals surface area contributed by atoms with Crippen molar-refractivity contribution in [2.45, 2.75) is 18.9 Å². The molecule has 1 N–H and O–H groups in total. The Balaban J connectivity index is 1.54. The number of amides is 1. The van der Waals surface area contributed by atoms with Gasteiger partial charge in [-0.25, -0.2) is 9.97 Å². The van der Waals surface area contributed by atoms with E-state index < -0.39 is 0 Å². The van der Waals surface area contributed by atoms with Gasteiger partial charge in [-0.05, 0) is 18.9 Å². The number of nitrogens with one attached hydrogen (secondary N) is 1. The Morgan fingerprint density at radius 2 is 2.19 bits per heavy atom. The fraction of sp³-hybridized carbons (Fsp3) is 0.278. The normalized spacial score (nSPS) is 16.9. The van der Waals surface area contributed by atoms with Gasteiger partial charge in [-0.2, -0.15) is 5.10 Å². The summed E-state index contributed by atoms with van der Waals surface area (Å²) < 4.78 is 1.71. The Morgan fingerprint density at radius 3 is 2.96 bits per heavy atom. The van der Waals surface area contributed by atoms with E-state index in [4.69, 9.17) is 0 Å². The first kappa shape index (κ1) is 17.3. The molecule has 1 amide bonds. The van der Waals surface area contributed by atoms with E-state index in [-0.39, 0.29) is 11.9 Å². The van der Waals surface area contributed by atoms with Gasteiger partial charge in [0.05, 0.1) is 12.2 Å². The van der Waals surface area contributed by atoms with Crippen LogP contribution in [0.4, 0.5) is 10.9 Å². The predicted octanol–water partition coefficient (Wildman–Crippen LogP) is 2.79. The number of hydrogen-bond donors (Lipinski definition) is 1. The van der Waals surface area contributed by atoms with Gasteiger partial charge in [0.2, 0.25) is 5.91 Å². The molecule has 9 heteroatoms. The van der Waals surface area contributed by atoms with Crippen molar-refractivity contribution in [2.75, 3.05) is 11.9 Å². The molecule has 4 rings (SSSR count). The Labute approximate surface area is 160 Å². The number of nitrogens with zero attached hydrogens (tertiary/aromatic N) is 6. The van der Waals surface area contributed by atoms with E-state index in [1.54, 1.807) is 41.6 Å². The molecule has 27 heavy (non-hydrogen) atoms. The lowest BCUT2D eigenvalue weighted by atomic mass is 10.1. The fourth-order valence-electron chi connectivity index (χ4n) is 3.18. The molecule has 0 aromatic carbocycles. The SMILES string of the molecule is Cn1cc(/C=C/C(=O)N2CCC[C@H]2c2nccnc2Nc2nccs2)cn1. The lowest BCUT2D eigenvalue weighted by Crippen LogP contribution is -2.30. The van der Waals surface area contributed by atoms with E-state index in [9.17, 15) is 4.79 Å². The molecule has 3 aromatic rings. The van der Waals surface area contributed by atoms with E-state index >= 15 is 0 Å². The zero-order valence-electron chi connectivity index (χ0n) is 14.8. The molecule has 8 nitrogen and oxygen atoms in total. The maximum absolute atomic E-state index is 12.8. The van der Waals surface area contributed by atoms with Crippen molar-refractivity contribution in [3.05, 3.63) is 53.7 Å². The van der Waals surface area contributed by atoms with Crippen molar-refractivity contribution in [2.24, 2.45) is 7.05 Å². The highest BCUT2D eigenvalue weighted by Gasteiger charge is 2.32. The maximum Gasteiger partial charge on any atom is 0.247 e. The number of rotatable bonds is 5. The number of carbonyl (C=O) groups is 1. The second-order valence-corrected chi connectivity index (χ2v) is 7.12. The van der Waals surface area contributed by atoms with Crippen LogP contribution in [-0.4, -0.2) is 42.1 Å². The Morgan fingerprint density at radius 1 is 1.30 bits per heavy atom. The summed E-state index contributed by atoms with van der Waals surface area (Å²) in [4.78, 5) is 27.8. The minimum atomic E-state index is -0.104. The highest BCUT2D eigenvalue weighted by molar-refractivity contribution is 7.13. The lowest BCUT2D eigenvalue weighted by Gasteiger charge is -2.24. The molecule has 0 bridgehead atoms. The number of thiazole rings is 1. The molecule has 0 aliphatic carbocycles. The van der Waals surface area contributed by atoms with E-state index in [2.05, 4.69) is 25.4 Å². The van der Waals surface area contributed by atoms with Gasteiger partial charge in [-0.15, -0.1) is 11.3 Å². The molecule has 3 aromatic heterocycles. The summed E-state index contributed by atoms with van der Waals surface area (Å²) in [5.74, 6) is 0.612. The molecule has 1 aliphatic heterocycles. The predicted molar refractivity (Wildman–Crippen MR) is 103 cm³/mol. The summed E-state index contributed by atoms with van der Waals surface area (Å²) in [5.41, 5.74) is 1.67. The first-order valence-electron chi connectivity index (χ1n) is 8.65. The summed E-state index contributed by atoms with van der Waals surface area (Å²) in [6.45, 7) is 0.703. The number of aryl methyl sites for hydroxylation is 1. The van der Waals surface area contributed by atoms with Gasteiger partial charge in [-0.3, -0.25) is 14.5 Å². The number of carbonyl (C=O) groups excluding carboxylic acids is 1. The average molecular weight is 381 g/mol. The minimum Gasteiger partial charge on any atom is -0.330 e. The molecular weight excluding hydrogens is 362 g/mol. The van der Waals surface area contributed by atoms with Gasteiger partial charge in [0.25, 0.3) is 0 Å². The van der Waals surface area contributed by atoms with Gasteiger partial charge < -0.3 is 10.2 Å². The van der Waals surface area contributed by atoms with Crippen LogP contribution in [0, 0.1) is 0 Å². The van der Waals surface area contributed by atoms with Crippen LogP contribution in [0.15, 0.2) is 42.4 Å². The first-order chi connectivity index (χ1) is 13.2. The first-order valence-corrected chi connectivity index (χ1v) is 9.53. The monoisotopic (exact) mass is 381 g/mol. The number of hydrogen-bond acceptors (Lipinski definition) is 7. The third-order valence-corrected chi connectivity index (χ3v) is 5.07. The van der Waals surface area contributed by atoms with Crippen molar-refractivity contribution in [1.29, 1.82) is 0 Å². The smallest absolute Gasteiger partial charge is 0.247 e. The summed E-state index contributed by atoms with van der Waals surface area (Å²) in [5, 5.41) is 9.98. The Bertz CT molecular complexity index is 950. The summed E-state index contributed by atoms with van der Waals surface area (Å²) in [6.07, 6.45) is 13.8. The van der Waals surface area contributed by atoms with Crippen molar-refractivity contribution in [1.82, 2.24) is 29.6 Å². The van der Waals surface area contributed by atoms with Crippen LogP contribution in [0.3, 0.4) is 0 Å². The second-order valence-electron chi connectivity index (χ2n) is 6.22. The highest BCUT2D eigenvalue weighted by Crippen LogP contribution is 2.35. The van der Waals surface area contributed by atoms with Crippen LogP contribution in [0.2, 0.25) is 0 Å². The van der Waals surface area contributed by atoms with Gasteiger partial charge >= 0.3 is 0 Å². The highest BCUT2D eigenvalue weighted by atomic mass is 32.1. The van der Waals surface area contributed by atoms with Gasteiger partial charge in [-0.1, -0.05) is 0 Å². The maximum atomic E-state index is 12.8. The Hall–Kier alpha value is -3.07. The molecule has 4 heterocycles. The number of aromatic nitrogens is 5. The number of likely N-dealkylation sites (tertiary alicyclic amines) is 1. The van der Waals surface area contributed by atoms with Gasteiger partial charge in [0.15, 0.2) is 10.9 Å². The van der Waals surface area contributed by atoms with E-state index in [1.807, 2.05) is 23.5 Å². The molecule has 0 saturated carbocycles. The van der Waals surface area contributed by atoms with E-state index in [1.165, 1.54) is 11.3 Å². The van der Waals surface area contributed by atoms with Crippen LogP contribution in [0.1, 0.15) is 30.1 Å². The zero-order valence-corrected chi connectivity index (χ0v) is 15.6. The summed E-state index contributed by atoms with van der Waals surface area (Å²) in [7, 11) is 1.85. The molecule has 1 fully saturated rings. The van der Waals surface area contributed by atoms with Crippen LogP contribution in [0.5, 0.6) is 0 Å². The van der Waals surface area contributed by atoms with E-state index in [0.29, 0.717) is 12.4 Å². The van der Waals surface area contributed by atoms with Crippen molar-refractivity contribution in [3.63, 3.8) is 0 Å². The molecule has 1 atom stereocenters. The van der Waals surface area contributed by atoms with Crippen LogP contribution >= 0.6 is 11.3 Å². The quantitative estimate of drug-likeness (QED) is 0.684. The third kappa shape index (κ3) is 3.87. The molecular formula is C18H19N7OS.